The highest BCUT2D eigenvalue weighted by Gasteiger charge is 2.51. The molecule has 1 aliphatic carbocycles. The molecule has 3 heterocycles. The molecule has 1 saturated carbocycles. The smallest absolute Gasteiger partial charge is 0.225 e. The number of amides is 1. The van der Waals surface area contributed by atoms with E-state index in [-0.39, 0.29) is 11.3 Å². The third-order valence-electron chi connectivity index (χ3n) is 6.08. The molecule has 0 unspecified atom stereocenters. The summed E-state index contributed by atoms with van der Waals surface area (Å²) >= 11 is 0. The summed E-state index contributed by atoms with van der Waals surface area (Å²) in [6, 6.07) is 3.85. The molecule has 0 spiro atoms. The van der Waals surface area contributed by atoms with Crippen molar-refractivity contribution in [2.24, 2.45) is 17.3 Å². The van der Waals surface area contributed by atoms with Crippen molar-refractivity contribution in [2.75, 3.05) is 32.9 Å². The molecule has 1 aromatic rings. The average Bonchev–Trinajstić information content (AvgIpc) is 3.18. The normalized spacial score (nSPS) is 30.3. The standard InChI is InChI=1S/C19H26N2O3/c22-18(15-5-9-23-10-6-15)21-12-16-3-1-7-19(16,13-21)14-24-17-4-2-8-20-11-17/h2,4,8,11,15-16H,1,3,5-7,9-10,12-14H2/t16-,19+/m1/s1. The first-order chi connectivity index (χ1) is 11.8. The van der Waals surface area contributed by atoms with Gasteiger partial charge in [-0.3, -0.25) is 9.78 Å². The monoisotopic (exact) mass is 330 g/mol. The molecule has 0 N–H and O–H groups in total. The number of rotatable bonds is 4. The summed E-state index contributed by atoms with van der Waals surface area (Å²) in [4.78, 5) is 19.1. The van der Waals surface area contributed by atoms with Crippen molar-refractivity contribution in [1.82, 2.24) is 9.88 Å². The zero-order chi connectivity index (χ0) is 16.4. The Balaban J connectivity index is 1.42. The average molecular weight is 330 g/mol. The Labute approximate surface area is 143 Å². The number of carbonyl (C=O) groups excluding carboxylic acids is 1. The topological polar surface area (TPSA) is 51.7 Å². The summed E-state index contributed by atoms with van der Waals surface area (Å²) in [6.45, 7) is 3.91. The number of pyridine rings is 1. The van der Waals surface area contributed by atoms with Gasteiger partial charge in [0.1, 0.15) is 5.75 Å². The fraction of sp³-hybridized carbons (Fsp3) is 0.684. The van der Waals surface area contributed by atoms with Crippen molar-refractivity contribution < 1.29 is 14.3 Å². The van der Waals surface area contributed by atoms with E-state index in [0.29, 0.717) is 18.4 Å². The lowest BCUT2D eigenvalue weighted by atomic mass is 9.81. The molecule has 1 amide bonds. The maximum absolute atomic E-state index is 12.9. The predicted molar refractivity (Wildman–Crippen MR) is 89.6 cm³/mol. The Morgan fingerprint density at radius 2 is 2.25 bits per heavy atom. The molecular formula is C19H26N2O3. The highest BCUT2D eigenvalue weighted by atomic mass is 16.5. The first-order valence-corrected chi connectivity index (χ1v) is 9.16. The highest BCUT2D eigenvalue weighted by molar-refractivity contribution is 5.79. The summed E-state index contributed by atoms with van der Waals surface area (Å²) in [5.41, 5.74) is 0.136. The summed E-state index contributed by atoms with van der Waals surface area (Å²) < 4.78 is 11.4. The van der Waals surface area contributed by atoms with E-state index in [1.54, 1.807) is 12.4 Å². The Kier molecular flexibility index (Phi) is 4.44. The Bertz CT molecular complexity index is 573. The molecule has 0 bridgehead atoms. The van der Waals surface area contributed by atoms with Gasteiger partial charge in [-0.15, -0.1) is 0 Å². The molecule has 0 aromatic carbocycles. The molecule has 2 aliphatic heterocycles. The zero-order valence-electron chi connectivity index (χ0n) is 14.2. The maximum atomic E-state index is 12.9. The van der Waals surface area contributed by atoms with Crippen LogP contribution in [-0.2, 0) is 9.53 Å². The van der Waals surface area contributed by atoms with E-state index in [0.717, 1.165) is 51.3 Å². The van der Waals surface area contributed by atoms with Gasteiger partial charge in [-0.05, 0) is 43.7 Å². The van der Waals surface area contributed by atoms with Crippen molar-refractivity contribution in [3.8, 4) is 5.75 Å². The minimum atomic E-state index is 0.136. The van der Waals surface area contributed by atoms with Crippen LogP contribution in [0.5, 0.6) is 5.75 Å². The lowest BCUT2D eigenvalue weighted by molar-refractivity contribution is -0.138. The quantitative estimate of drug-likeness (QED) is 0.851. The van der Waals surface area contributed by atoms with Gasteiger partial charge in [0, 0.05) is 43.8 Å². The van der Waals surface area contributed by atoms with Crippen molar-refractivity contribution >= 4 is 5.91 Å². The maximum Gasteiger partial charge on any atom is 0.225 e. The van der Waals surface area contributed by atoms with Crippen molar-refractivity contribution in [3.05, 3.63) is 24.5 Å². The molecule has 1 aromatic heterocycles. The number of carbonyl (C=O) groups is 1. The van der Waals surface area contributed by atoms with Crippen molar-refractivity contribution in [3.63, 3.8) is 0 Å². The Morgan fingerprint density at radius 3 is 3.04 bits per heavy atom. The van der Waals surface area contributed by atoms with Gasteiger partial charge in [0.2, 0.25) is 5.91 Å². The molecule has 130 valence electrons. The van der Waals surface area contributed by atoms with E-state index in [1.165, 1.54) is 12.8 Å². The lowest BCUT2D eigenvalue weighted by Gasteiger charge is -2.30. The molecule has 3 fully saturated rings. The molecule has 0 radical (unpaired) electrons. The van der Waals surface area contributed by atoms with Gasteiger partial charge in [-0.1, -0.05) is 6.42 Å². The molecule has 5 nitrogen and oxygen atoms in total. The van der Waals surface area contributed by atoms with Crippen LogP contribution in [0.15, 0.2) is 24.5 Å². The minimum Gasteiger partial charge on any atom is -0.491 e. The number of fused-ring (bicyclic) bond motifs is 1. The third kappa shape index (κ3) is 3.02. The van der Waals surface area contributed by atoms with Crippen molar-refractivity contribution in [2.45, 2.75) is 32.1 Å². The van der Waals surface area contributed by atoms with E-state index in [2.05, 4.69) is 9.88 Å². The minimum absolute atomic E-state index is 0.136. The molecule has 5 heteroatoms. The van der Waals surface area contributed by atoms with Crippen molar-refractivity contribution in [1.29, 1.82) is 0 Å². The van der Waals surface area contributed by atoms with Crippen LogP contribution in [0.2, 0.25) is 0 Å². The largest absolute Gasteiger partial charge is 0.491 e. The number of hydrogen-bond acceptors (Lipinski definition) is 4. The fourth-order valence-electron chi connectivity index (χ4n) is 4.68. The molecule has 4 rings (SSSR count). The van der Waals surface area contributed by atoms with Crippen LogP contribution in [0.3, 0.4) is 0 Å². The van der Waals surface area contributed by atoms with Gasteiger partial charge in [-0.25, -0.2) is 0 Å². The molecular weight excluding hydrogens is 304 g/mol. The zero-order valence-corrected chi connectivity index (χ0v) is 14.2. The van der Waals surface area contributed by atoms with E-state index in [1.807, 2.05) is 12.1 Å². The highest BCUT2D eigenvalue weighted by Crippen LogP contribution is 2.49. The van der Waals surface area contributed by atoms with E-state index in [9.17, 15) is 4.79 Å². The second kappa shape index (κ2) is 6.71. The molecule has 2 saturated heterocycles. The van der Waals surface area contributed by atoms with E-state index >= 15 is 0 Å². The predicted octanol–water partition coefficient (Wildman–Crippen LogP) is 2.52. The number of likely N-dealkylation sites (tertiary alicyclic amines) is 1. The van der Waals surface area contributed by atoms with Gasteiger partial charge in [0.15, 0.2) is 0 Å². The Morgan fingerprint density at radius 1 is 1.38 bits per heavy atom. The second-order valence-corrected chi connectivity index (χ2v) is 7.53. The molecule has 3 aliphatic rings. The van der Waals surface area contributed by atoms with Crippen LogP contribution < -0.4 is 4.74 Å². The van der Waals surface area contributed by atoms with Crippen LogP contribution in [0, 0.1) is 17.3 Å². The van der Waals surface area contributed by atoms with Gasteiger partial charge in [0.25, 0.3) is 0 Å². The van der Waals surface area contributed by atoms with Gasteiger partial charge in [0.05, 0.1) is 12.8 Å². The van der Waals surface area contributed by atoms with E-state index in [4.69, 9.17) is 9.47 Å². The lowest BCUT2D eigenvalue weighted by Crippen LogP contribution is -2.39. The first kappa shape index (κ1) is 15.9. The van der Waals surface area contributed by atoms with Crippen LogP contribution in [0.4, 0.5) is 0 Å². The van der Waals surface area contributed by atoms with Crippen LogP contribution >= 0.6 is 0 Å². The molecule has 2 atom stereocenters. The van der Waals surface area contributed by atoms with Gasteiger partial charge >= 0.3 is 0 Å². The number of ether oxygens (including phenoxy) is 2. The van der Waals surface area contributed by atoms with E-state index < -0.39 is 0 Å². The summed E-state index contributed by atoms with van der Waals surface area (Å²) in [7, 11) is 0. The number of aromatic nitrogens is 1. The number of nitrogens with zero attached hydrogens (tertiary/aromatic N) is 2. The van der Waals surface area contributed by atoms with Crippen LogP contribution in [0.25, 0.3) is 0 Å². The summed E-state index contributed by atoms with van der Waals surface area (Å²) in [5, 5.41) is 0. The third-order valence-corrected chi connectivity index (χ3v) is 6.08. The first-order valence-electron chi connectivity index (χ1n) is 9.16. The van der Waals surface area contributed by atoms with Gasteiger partial charge < -0.3 is 14.4 Å². The fourth-order valence-corrected chi connectivity index (χ4v) is 4.68. The second-order valence-electron chi connectivity index (χ2n) is 7.53. The Hall–Kier alpha value is -1.62. The molecule has 24 heavy (non-hydrogen) atoms. The summed E-state index contributed by atoms with van der Waals surface area (Å²) in [6.07, 6.45) is 8.90. The summed E-state index contributed by atoms with van der Waals surface area (Å²) in [5.74, 6) is 1.91. The van der Waals surface area contributed by atoms with Crippen LogP contribution in [-0.4, -0.2) is 48.7 Å². The van der Waals surface area contributed by atoms with Gasteiger partial charge in [-0.2, -0.15) is 0 Å². The van der Waals surface area contributed by atoms with Crippen LogP contribution in [0.1, 0.15) is 32.1 Å². The SMILES string of the molecule is O=C(C1CCOCC1)N1C[C@H]2CCC[C@@]2(COc2cccnc2)C1. The number of hydrogen-bond donors (Lipinski definition) is 0.